The average molecular weight is 478 g/mol. The second-order valence-corrected chi connectivity index (χ2v) is 9.51. The molecular formula is C25H23N3O5S. The third-order valence-corrected chi connectivity index (χ3v) is 7.27. The molecule has 0 radical (unpaired) electrons. The first-order valence-corrected chi connectivity index (χ1v) is 11.9. The van der Waals surface area contributed by atoms with Gasteiger partial charge in [-0.2, -0.15) is 0 Å². The Balaban J connectivity index is 1.23. The molecule has 2 aromatic carbocycles. The molecule has 3 aromatic rings. The second kappa shape index (κ2) is 8.90. The van der Waals surface area contributed by atoms with Gasteiger partial charge in [-0.25, -0.2) is 14.6 Å². The summed E-state index contributed by atoms with van der Waals surface area (Å²) in [5.41, 5.74) is 4.93. The Hall–Kier alpha value is -3.72. The number of nitrogens with one attached hydrogen (secondary N) is 2. The van der Waals surface area contributed by atoms with Crippen molar-refractivity contribution in [3.8, 4) is 11.1 Å². The minimum atomic E-state index is -1.05. The fourth-order valence-electron chi connectivity index (χ4n) is 4.40. The number of carbonyl (C=O) groups is 3. The highest BCUT2D eigenvalue weighted by Crippen LogP contribution is 2.44. The lowest BCUT2D eigenvalue weighted by atomic mass is 9.98. The number of carbonyl (C=O) groups excluding carboxylic acids is 2. The molecule has 1 fully saturated rings. The third-order valence-electron chi connectivity index (χ3n) is 6.20. The van der Waals surface area contributed by atoms with E-state index in [4.69, 9.17) is 4.74 Å². The Labute approximate surface area is 200 Å². The number of rotatable bonds is 7. The molecule has 2 amide bonds. The van der Waals surface area contributed by atoms with Crippen molar-refractivity contribution >= 4 is 34.4 Å². The van der Waals surface area contributed by atoms with Crippen LogP contribution in [0.5, 0.6) is 0 Å². The maximum absolute atomic E-state index is 12.6. The molecule has 0 saturated heterocycles. The summed E-state index contributed by atoms with van der Waals surface area (Å²) in [6.45, 7) is 1.81. The van der Waals surface area contributed by atoms with E-state index in [-0.39, 0.29) is 28.5 Å². The van der Waals surface area contributed by atoms with E-state index in [2.05, 4.69) is 27.8 Å². The smallest absolute Gasteiger partial charge is 0.413 e. The van der Waals surface area contributed by atoms with Gasteiger partial charge in [-0.3, -0.25) is 10.1 Å². The lowest BCUT2D eigenvalue weighted by molar-refractivity contribution is -0.139. The van der Waals surface area contributed by atoms with E-state index in [0.29, 0.717) is 5.69 Å². The van der Waals surface area contributed by atoms with Crippen molar-refractivity contribution in [2.24, 2.45) is 5.92 Å². The lowest BCUT2D eigenvalue weighted by Gasteiger charge is -2.14. The predicted molar refractivity (Wildman–Crippen MR) is 127 cm³/mol. The number of carboxylic acid groups (broad SMARTS) is 1. The quantitative estimate of drug-likeness (QED) is 0.464. The zero-order valence-corrected chi connectivity index (χ0v) is 19.2. The summed E-state index contributed by atoms with van der Waals surface area (Å²) in [6.07, 6.45) is 0.907. The summed E-state index contributed by atoms with van der Waals surface area (Å²) in [6, 6.07) is 15.2. The standard InChI is InChI=1S/C25H23N3O5S/c1-13-21(22(29)27-20(23(30)31)14-10-11-14)34-24(26-13)28-25(32)33-12-19-17-8-4-2-6-15(17)16-7-3-5-9-18(16)19/h2-9,14,19-20H,10-12H2,1H3,(H,27,29)(H,30,31)(H,26,28,32). The normalized spacial score (nSPS) is 15.2. The highest BCUT2D eigenvalue weighted by Gasteiger charge is 2.38. The first-order valence-electron chi connectivity index (χ1n) is 11.1. The third kappa shape index (κ3) is 4.26. The van der Waals surface area contributed by atoms with E-state index in [9.17, 15) is 19.5 Å². The number of fused-ring (bicyclic) bond motifs is 3. The van der Waals surface area contributed by atoms with E-state index in [1.54, 1.807) is 6.92 Å². The van der Waals surface area contributed by atoms with Crippen LogP contribution in [-0.2, 0) is 9.53 Å². The molecular weight excluding hydrogens is 454 g/mol. The maximum atomic E-state index is 12.6. The number of nitrogens with zero attached hydrogens (tertiary/aromatic N) is 1. The SMILES string of the molecule is Cc1nc(NC(=O)OCC2c3ccccc3-c3ccccc32)sc1C(=O)NC(C(=O)O)C1CC1. The van der Waals surface area contributed by atoms with Crippen molar-refractivity contribution in [2.45, 2.75) is 31.7 Å². The summed E-state index contributed by atoms with van der Waals surface area (Å²) in [5, 5.41) is 14.7. The molecule has 5 rings (SSSR count). The number of aryl methyl sites for hydroxylation is 1. The van der Waals surface area contributed by atoms with Gasteiger partial charge >= 0.3 is 12.1 Å². The van der Waals surface area contributed by atoms with Crippen LogP contribution in [0.2, 0.25) is 0 Å². The highest BCUT2D eigenvalue weighted by molar-refractivity contribution is 7.17. The second-order valence-electron chi connectivity index (χ2n) is 8.51. The Morgan fingerprint density at radius 2 is 1.71 bits per heavy atom. The molecule has 0 bridgehead atoms. The largest absolute Gasteiger partial charge is 0.480 e. The van der Waals surface area contributed by atoms with Gasteiger partial charge in [0.25, 0.3) is 5.91 Å². The lowest BCUT2D eigenvalue weighted by Crippen LogP contribution is -2.42. The van der Waals surface area contributed by atoms with Crippen LogP contribution in [0.15, 0.2) is 48.5 Å². The fourth-order valence-corrected chi connectivity index (χ4v) is 5.26. The molecule has 0 aliphatic heterocycles. The Bertz CT molecular complexity index is 1240. The molecule has 1 atom stereocenters. The summed E-state index contributed by atoms with van der Waals surface area (Å²) < 4.78 is 5.53. The molecule has 1 saturated carbocycles. The number of aliphatic carboxylic acids is 1. The Morgan fingerprint density at radius 1 is 1.09 bits per heavy atom. The summed E-state index contributed by atoms with van der Waals surface area (Å²) >= 11 is 0.989. The van der Waals surface area contributed by atoms with E-state index in [1.807, 2.05) is 36.4 Å². The minimum Gasteiger partial charge on any atom is -0.480 e. The summed E-state index contributed by atoms with van der Waals surface area (Å²) in [7, 11) is 0. The number of anilines is 1. The van der Waals surface area contributed by atoms with Gasteiger partial charge in [0, 0.05) is 5.92 Å². The number of benzene rings is 2. The monoisotopic (exact) mass is 477 g/mol. The van der Waals surface area contributed by atoms with Gasteiger partial charge in [0.05, 0.1) is 5.69 Å². The molecule has 34 heavy (non-hydrogen) atoms. The number of hydrogen-bond acceptors (Lipinski definition) is 6. The van der Waals surface area contributed by atoms with Gasteiger partial charge in [0.15, 0.2) is 5.13 Å². The van der Waals surface area contributed by atoms with Crippen LogP contribution in [0.3, 0.4) is 0 Å². The van der Waals surface area contributed by atoms with Crippen LogP contribution in [0.4, 0.5) is 9.93 Å². The average Bonchev–Trinajstić information content (AvgIpc) is 3.52. The van der Waals surface area contributed by atoms with Crippen LogP contribution >= 0.6 is 11.3 Å². The van der Waals surface area contributed by atoms with Crippen molar-refractivity contribution in [3.05, 3.63) is 70.2 Å². The van der Waals surface area contributed by atoms with Crippen LogP contribution < -0.4 is 10.6 Å². The molecule has 8 nitrogen and oxygen atoms in total. The Morgan fingerprint density at radius 3 is 2.29 bits per heavy atom. The summed E-state index contributed by atoms with van der Waals surface area (Å²) in [4.78, 5) is 41.0. The highest BCUT2D eigenvalue weighted by atomic mass is 32.1. The van der Waals surface area contributed by atoms with Crippen molar-refractivity contribution < 1.29 is 24.2 Å². The zero-order valence-electron chi connectivity index (χ0n) is 18.4. The zero-order chi connectivity index (χ0) is 23.8. The van der Waals surface area contributed by atoms with Gasteiger partial charge in [-0.1, -0.05) is 59.9 Å². The van der Waals surface area contributed by atoms with Gasteiger partial charge in [-0.05, 0) is 47.9 Å². The fraction of sp³-hybridized carbons (Fsp3) is 0.280. The molecule has 1 unspecified atom stereocenters. The van der Waals surface area contributed by atoms with Gasteiger partial charge in [0.1, 0.15) is 17.5 Å². The number of carboxylic acids is 1. The first-order chi connectivity index (χ1) is 16.4. The van der Waals surface area contributed by atoms with E-state index in [0.717, 1.165) is 46.4 Å². The maximum Gasteiger partial charge on any atom is 0.413 e. The summed E-state index contributed by atoms with van der Waals surface area (Å²) in [5.74, 6) is -1.65. The first kappa shape index (κ1) is 22.1. The number of amides is 2. The van der Waals surface area contributed by atoms with Crippen LogP contribution in [0, 0.1) is 12.8 Å². The van der Waals surface area contributed by atoms with Crippen molar-refractivity contribution in [1.29, 1.82) is 0 Å². The van der Waals surface area contributed by atoms with Gasteiger partial charge < -0.3 is 15.2 Å². The molecule has 9 heteroatoms. The molecule has 1 heterocycles. The molecule has 174 valence electrons. The van der Waals surface area contributed by atoms with Gasteiger partial charge in [0.2, 0.25) is 0 Å². The number of ether oxygens (including phenoxy) is 1. The van der Waals surface area contributed by atoms with E-state index < -0.39 is 24.0 Å². The van der Waals surface area contributed by atoms with Crippen molar-refractivity contribution in [2.75, 3.05) is 11.9 Å². The van der Waals surface area contributed by atoms with Crippen molar-refractivity contribution in [3.63, 3.8) is 0 Å². The molecule has 0 spiro atoms. The van der Waals surface area contributed by atoms with E-state index >= 15 is 0 Å². The molecule has 2 aliphatic carbocycles. The number of thiazole rings is 1. The topological polar surface area (TPSA) is 118 Å². The molecule has 3 N–H and O–H groups in total. The van der Waals surface area contributed by atoms with Crippen LogP contribution in [0.1, 0.15) is 45.3 Å². The van der Waals surface area contributed by atoms with Gasteiger partial charge in [-0.15, -0.1) is 0 Å². The van der Waals surface area contributed by atoms with Crippen molar-refractivity contribution in [1.82, 2.24) is 10.3 Å². The number of hydrogen-bond donors (Lipinski definition) is 3. The van der Waals surface area contributed by atoms with Crippen LogP contribution in [-0.4, -0.2) is 40.7 Å². The van der Waals surface area contributed by atoms with E-state index in [1.165, 1.54) is 0 Å². The molecule has 2 aliphatic rings. The molecule has 1 aromatic heterocycles. The predicted octanol–water partition coefficient (Wildman–Crippen LogP) is 4.41. The number of aromatic nitrogens is 1. The Kier molecular flexibility index (Phi) is 5.79. The van der Waals surface area contributed by atoms with Crippen LogP contribution in [0.25, 0.3) is 11.1 Å². The minimum absolute atomic E-state index is 0.0342.